The summed E-state index contributed by atoms with van der Waals surface area (Å²) in [6.07, 6.45) is 4.66. The summed E-state index contributed by atoms with van der Waals surface area (Å²) in [7, 11) is 0. The van der Waals surface area contributed by atoms with Gasteiger partial charge in [0.25, 0.3) is 0 Å². The maximum atomic E-state index is 12.4. The molecule has 1 fully saturated rings. The smallest absolute Gasteiger partial charge is 0.333 e. The number of rotatable bonds is 8. The van der Waals surface area contributed by atoms with Crippen LogP contribution in [0.1, 0.15) is 74.7 Å². The number of esters is 3. The van der Waals surface area contributed by atoms with Crippen LogP contribution >= 0.6 is 0 Å². The predicted molar refractivity (Wildman–Crippen MR) is 116 cm³/mol. The Bertz CT molecular complexity index is 673. The maximum absolute atomic E-state index is 12.4. The van der Waals surface area contributed by atoms with Crippen LogP contribution in [0.5, 0.6) is 0 Å². The lowest BCUT2D eigenvalue weighted by Gasteiger charge is -2.42. The zero-order valence-corrected chi connectivity index (χ0v) is 19.7. The van der Waals surface area contributed by atoms with Crippen molar-refractivity contribution < 1.29 is 28.6 Å². The molecule has 1 saturated carbocycles. The third-order valence-corrected chi connectivity index (χ3v) is 5.72. The summed E-state index contributed by atoms with van der Waals surface area (Å²) in [6.45, 7) is 14.4. The highest BCUT2D eigenvalue weighted by molar-refractivity contribution is 5.87. The molecule has 0 N–H and O–H groups in total. The van der Waals surface area contributed by atoms with Crippen LogP contribution in [0.15, 0.2) is 23.3 Å². The highest BCUT2D eigenvalue weighted by atomic mass is 16.6. The average Bonchev–Trinajstić information content (AvgIpc) is 2.61. The molecule has 0 amide bonds. The van der Waals surface area contributed by atoms with Crippen molar-refractivity contribution in [3.05, 3.63) is 23.3 Å². The second kappa shape index (κ2) is 11.9. The minimum Gasteiger partial charge on any atom is -0.462 e. The van der Waals surface area contributed by atoms with E-state index in [1.165, 1.54) is 13.8 Å². The average molecular weight is 423 g/mol. The molecule has 0 spiro atoms. The maximum Gasteiger partial charge on any atom is 0.333 e. The Labute approximate surface area is 181 Å². The molecule has 1 rings (SSSR count). The first-order valence-electron chi connectivity index (χ1n) is 10.8. The van der Waals surface area contributed by atoms with E-state index in [1.807, 2.05) is 26.8 Å². The summed E-state index contributed by atoms with van der Waals surface area (Å²) in [5.41, 5.74) is 1.63. The van der Waals surface area contributed by atoms with E-state index in [9.17, 15) is 14.4 Å². The molecule has 30 heavy (non-hydrogen) atoms. The standard InChI is InChI=1S/C24H38O6/c1-9-15(4)24(27)30-23-12-17(6)22(29-19(8)26)13-21(23)16(5)11-20(10-14(2)3)28-18(7)25/h9-10,16-17,20-23H,11-13H2,1-8H3/b15-9-/t16?,17-,20?,21-,22-,23+/m1/s1. The van der Waals surface area contributed by atoms with E-state index in [2.05, 4.69) is 6.92 Å². The molecular formula is C24H38O6. The van der Waals surface area contributed by atoms with Gasteiger partial charge in [0.2, 0.25) is 0 Å². The molecule has 6 heteroatoms. The number of carbonyl (C=O) groups is 3. The highest BCUT2D eigenvalue weighted by Gasteiger charge is 2.41. The van der Waals surface area contributed by atoms with Gasteiger partial charge in [-0.15, -0.1) is 0 Å². The Balaban J connectivity index is 3.08. The Hall–Kier alpha value is -2.11. The van der Waals surface area contributed by atoms with Crippen LogP contribution in [-0.2, 0) is 28.6 Å². The van der Waals surface area contributed by atoms with Crippen molar-refractivity contribution in [1.82, 2.24) is 0 Å². The first-order valence-corrected chi connectivity index (χ1v) is 10.8. The molecule has 0 aromatic rings. The SMILES string of the molecule is C/C=C(/C)C(=O)O[C@H]1C[C@@H](C)[C@H](OC(C)=O)C[C@@H]1C(C)CC(C=C(C)C)OC(C)=O. The van der Waals surface area contributed by atoms with Crippen molar-refractivity contribution in [2.75, 3.05) is 0 Å². The molecule has 0 saturated heterocycles. The molecule has 0 aliphatic heterocycles. The lowest BCUT2D eigenvalue weighted by atomic mass is 9.71. The molecule has 6 nitrogen and oxygen atoms in total. The number of allylic oxidation sites excluding steroid dienone is 2. The van der Waals surface area contributed by atoms with E-state index in [1.54, 1.807) is 19.9 Å². The largest absolute Gasteiger partial charge is 0.462 e. The minimum atomic E-state index is -0.345. The van der Waals surface area contributed by atoms with Gasteiger partial charge in [-0.2, -0.15) is 0 Å². The van der Waals surface area contributed by atoms with Gasteiger partial charge in [-0.3, -0.25) is 9.59 Å². The van der Waals surface area contributed by atoms with Crippen LogP contribution in [0.2, 0.25) is 0 Å². The van der Waals surface area contributed by atoms with Crippen molar-refractivity contribution >= 4 is 17.9 Å². The molecule has 6 atom stereocenters. The van der Waals surface area contributed by atoms with Gasteiger partial charge in [-0.05, 0) is 64.9 Å². The van der Waals surface area contributed by atoms with E-state index in [-0.39, 0.29) is 54.0 Å². The first-order chi connectivity index (χ1) is 13.9. The fourth-order valence-electron chi connectivity index (χ4n) is 4.08. The summed E-state index contributed by atoms with van der Waals surface area (Å²) < 4.78 is 16.9. The number of ether oxygens (including phenoxy) is 3. The first kappa shape index (κ1) is 25.9. The second-order valence-electron chi connectivity index (χ2n) is 8.78. The monoisotopic (exact) mass is 422 g/mol. The van der Waals surface area contributed by atoms with Gasteiger partial charge >= 0.3 is 17.9 Å². The number of hydrogen-bond donors (Lipinski definition) is 0. The van der Waals surface area contributed by atoms with Gasteiger partial charge < -0.3 is 14.2 Å². The Morgan fingerprint density at radius 1 is 0.967 bits per heavy atom. The molecule has 1 aliphatic carbocycles. The minimum absolute atomic E-state index is 0.0113. The van der Waals surface area contributed by atoms with Gasteiger partial charge in [0, 0.05) is 25.3 Å². The zero-order chi connectivity index (χ0) is 23.0. The lowest BCUT2D eigenvalue weighted by Crippen LogP contribution is -2.44. The molecule has 0 radical (unpaired) electrons. The van der Waals surface area contributed by atoms with Crippen molar-refractivity contribution in [3.63, 3.8) is 0 Å². The van der Waals surface area contributed by atoms with Crippen LogP contribution in [0.4, 0.5) is 0 Å². The molecule has 0 bridgehead atoms. The van der Waals surface area contributed by atoms with Crippen LogP contribution in [0.25, 0.3) is 0 Å². The fraction of sp³-hybridized carbons (Fsp3) is 0.708. The molecule has 1 aliphatic rings. The van der Waals surface area contributed by atoms with Gasteiger partial charge in [-0.25, -0.2) is 4.79 Å². The number of hydrogen-bond acceptors (Lipinski definition) is 6. The predicted octanol–water partition coefficient (Wildman–Crippen LogP) is 4.77. The Morgan fingerprint density at radius 2 is 1.60 bits per heavy atom. The van der Waals surface area contributed by atoms with Gasteiger partial charge in [0.05, 0.1) is 0 Å². The highest BCUT2D eigenvalue weighted by Crippen LogP contribution is 2.39. The molecule has 170 valence electrons. The molecule has 0 heterocycles. The molecule has 0 aromatic carbocycles. The normalized spacial score (nSPS) is 26.2. The van der Waals surface area contributed by atoms with Gasteiger partial charge in [0.15, 0.2) is 0 Å². The van der Waals surface area contributed by atoms with Crippen molar-refractivity contribution in [2.45, 2.75) is 93.0 Å². The number of carbonyl (C=O) groups excluding carboxylic acids is 3. The van der Waals surface area contributed by atoms with E-state index in [0.717, 1.165) is 5.57 Å². The second-order valence-corrected chi connectivity index (χ2v) is 8.78. The third kappa shape index (κ3) is 8.33. The summed E-state index contributed by atoms with van der Waals surface area (Å²) in [5, 5.41) is 0. The molecular weight excluding hydrogens is 384 g/mol. The third-order valence-electron chi connectivity index (χ3n) is 5.72. The lowest BCUT2D eigenvalue weighted by molar-refractivity contribution is -0.166. The summed E-state index contributed by atoms with van der Waals surface area (Å²) in [4.78, 5) is 35.5. The Kier molecular flexibility index (Phi) is 10.3. The molecule has 0 aromatic heterocycles. The van der Waals surface area contributed by atoms with Crippen molar-refractivity contribution in [3.8, 4) is 0 Å². The van der Waals surface area contributed by atoms with Crippen LogP contribution < -0.4 is 0 Å². The van der Waals surface area contributed by atoms with Gasteiger partial charge in [-0.1, -0.05) is 25.5 Å². The van der Waals surface area contributed by atoms with E-state index >= 15 is 0 Å². The summed E-state index contributed by atoms with van der Waals surface area (Å²) in [6, 6.07) is 0. The Morgan fingerprint density at radius 3 is 2.10 bits per heavy atom. The van der Waals surface area contributed by atoms with Crippen LogP contribution in [0, 0.1) is 17.8 Å². The molecule has 2 unspecified atom stereocenters. The van der Waals surface area contributed by atoms with E-state index < -0.39 is 0 Å². The van der Waals surface area contributed by atoms with Crippen molar-refractivity contribution in [2.24, 2.45) is 17.8 Å². The fourth-order valence-corrected chi connectivity index (χ4v) is 4.08. The van der Waals surface area contributed by atoms with E-state index in [0.29, 0.717) is 24.8 Å². The van der Waals surface area contributed by atoms with Crippen LogP contribution in [-0.4, -0.2) is 36.2 Å². The topological polar surface area (TPSA) is 78.9 Å². The summed E-state index contributed by atoms with van der Waals surface area (Å²) in [5.74, 6) is -0.795. The quantitative estimate of drug-likeness (QED) is 0.243. The van der Waals surface area contributed by atoms with Crippen LogP contribution in [0.3, 0.4) is 0 Å². The van der Waals surface area contributed by atoms with E-state index in [4.69, 9.17) is 14.2 Å². The zero-order valence-electron chi connectivity index (χ0n) is 19.7. The van der Waals surface area contributed by atoms with Crippen molar-refractivity contribution in [1.29, 1.82) is 0 Å². The summed E-state index contributed by atoms with van der Waals surface area (Å²) >= 11 is 0. The van der Waals surface area contributed by atoms with Gasteiger partial charge in [0.1, 0.15) is 18.3 Å².